The van der Waals surface area contributed by atoms with Gasteiger partial charge in [-0.1, -0.05) is 12.1 Å². The van der Waals surface area contributed by atoms with Crippen molar-refractivity contribution in [3.8, 4) is 10.4 Å². The normalized spacial score (nSPS) is 11.4. The van der Waals surface area contributed by atoms with Crippen LogP contribution in [0, 0.1) is 0 Å². The Morgan fingerprint density at radius 3 is 2.82 bits per heavy atom. The van der Waals surface area contributed by atoms with Crippen LogP contribution in [0.2, 0.25) is 0 Å². The Morgan fingerprint density at radius 2 is 2.14 bits per heavy atom. The molecule has 8 heteroatoms. The van der Waals surface area contributed by atoms with E-state index in [1.807, 2.05) is 12.1 Å². The smallest absolute Gasteiger partial charge is 0.273 e. The first-order valence-electron chi connectivity index (χ1n) is 6.46. The predicted octanol–water partition coefficient (Wildman–Crippen LogP) is 3.81. The molecule has 2 rings (SSSR count). The number of aromatic nitrogens is 1. The van der Waals surface area contributed by atoms with Gasteiger partial charge in [0.1, 0.15) is 0 Å². The maximum absolute atomic E-state index is 11.9. The lowest BCUT2D eigenvalue weighted by molar-refractivity contribution is -0.138. The molecule has 1 heterocycles. The van der Waals surface area contributed by atoms with Gasteiger partial charge in [0, 0.05) is 18.2 Å². The van der Waals surface area contributed by atoms with Gasteiger partial charge in [0.15, 0.2) is 0 Å². The minimum atomic E-state index is -4.21. The fourth-order valence-electron chi connectivity index (χ4n) is 1.70. The van der Waals surface area contributed by atoms with Crippen molar-refractivity contribution >= 4 is 17.4 Å². The van der Waals surface area contributed by atoms with Crippen LogP contribution in [0.25, 0.3) is 10.4 Å². The fraction of sp³-hybridized carbons (Fsp3) is 0.286. The average Bonchev–Trinajstić information content (AvgIpc) is 3.00. The molecule has 0 aliphatic heterocycles. The zero-order valence-electron chi connectivity index (χ0n) is 11.4. The minimum absolute atomic E-state index is 0.195. The van der Waals surface area contributed by atoms with Crippen molar-refractivity contribution in [2.75, 3.05) is 6.61 Å². The van der Waals surface area contributed by atoms with E-state index in [1.54, 1.807) is 24.4 Å². The number of halogens is 3. The molecule has 0 radical (unpaired) electrons. The molecule has 0 saturated heterocycles. The summed E-state index contributed by atoms with van der Waals surface area (Å²) in [7, 11) is 0. The highest BCUT2D eigenvalue weighted by Crippen LogP contribution is 2.23. The number of alkyl halides is 3. The van der Waals surface area contributed by atoms with Gasteiger partial charge in [0.05, 0.1) is 11.5 Å². The minimum Gasteiger partial charge on any atom is -0.273 e. The van der Waals surface area contributed by atoms with E-state index in [2.05, 4.69) is 9.85 Å². The fourth-order valence-corrected chi connectivity index (χ4v) is 2.29. The van der Waals surface area contributed by atoms with Crippen molar-refractivity contribution in [3.05, 3.63) is 42.1 Å². The number of carbonyl (C=O) groups is 1. The molecule has 1 aromatic carbocycles. The highest BCUT2D eigenvalue weighted by molar-refractivity contribution is 7.09. The molecule has 0 aliphatic rings. The van der Waals surface area contributed by atoms with Crippen LogP contribution in [-0.4, -0.2) is 23.1 Å². The van der Waals surface area contributed by atoms with Crippen LogP contribution in [-0.2, 0) is 4.84 Å². The lowest BCUT2D eigenvalue weighted by Crippen LogP contribution is -2.24. The van der Waals surface area contributed by atoms with E-state index in [0.29, 0.717) is 5.56 Å². The first-order chi connectivity index (χ1) is 10.5. The summed E-state index contributed by atoms with van der Waals surface area (Å²) in [5, 5.41) is 0. The Labute approximate surface area is 129 Å². The molecule has 0 fully saturated rings. The van der Waals surface area contributed by atoms with Crippen molar-refractivity contribution < 1.29 is 22.8 Å². The number of nitrogens with one attached hydrogen (secondary N) is 1. The number of rotatable bonds is 6. The van der Waals surface area contributed by atoms with E-state index in [-0.39, 0.29) is 13.0 Å². The Balaban J connectivity index is 1.84. The topological polar surface area (TPSA) is 51.2 Å². The summed E-state index contributed by atoms with van der Waals surface area (Å²) in [6.45, 7) is -0.195. The monoisotopic (exact) mass is 330 g/mol. The molecular formula is C14H13F3N2O2S. The van der Waals surface area contributed by atoms with Gasteiger partial charge in [-0.3, -0.25) is 9.63 Å². The lowest BCUT2D eigenvalue weighted by Gasteiger charge is -2.08. The SMILES string of the molecule is O=C(NOCCCC(F)(F)F)c1cccc(-c2ccns2)c1. The van der Waals surface area contributed by atoms with Gasteiger partial charge in [-0.15, -0.1) is 0 Å². The van der Waals surface area contributed by atoms with E-state index in [9.17, 15) is 18.0 Å². The summed E-state index contributed by atoms with van der Waals surface area (Å²) in [5.74, 6) is -0.502. The molecular weight excluding hydrogens is 317 g/mol. The summed E-state index contributed by atoms with van der Waals surface area (Å²) in [6.07, 6.45) is -3.69. The third-order valence-electron chi connectivity index (χ3n) is 2.72. The van der Waals surface area contributed by atoms with Gasteiger partial charge < -0.3 is 0 Å². The lowest BCUT2D eigenvalue weighted by atomic mass is 10.1. The van der Waals surface area contributed by atoms with Gasteiger partial charge in [0.2, 0.25) is 0 Å². The number of benzene rings is 1. The Bertz CT molecular complexity index is 615. The molecule has 0 saturated carbocycles. The van der Waals surface area contributed by atoms with Crippen LogP contribution >= 0.6 is 11.5 Å². The second-order valence-electron chi connectivity index (χ2n) is 4.46. The van der Waals surface area contributed by atoms with Crippen molar-refractivity contribution in [3.63, 3.8) is 0 Å². The molecule has 4 nitrogen and oxygen atoms in total. The molecule has 0 bridgehead atoms. The molecule has 0 unspecified atom stereocenters. The van der Waals surface area contributed by atoms with Gasteiger partial charge >= 0.3 is 6.18 Å². The zero-order valence-corrected chi connectivity index (χ0v) is 12.2. The number of hydrogen-bond donors (Lipinski definition) is 1. The number of hydroxylamine groups is 1. The van der Waals surface area contributed by atoms with Crippen LogP contribution in [0.15, 0.2) is 36.5 Å². The molecule has 0 atom stereocenters. The van der Waals surface area contributed by atoms with Crippen LogP contribution in [0.3, 0.4) is 0 Å². The number of carbonyl (C=O) groups excluding carboxylic acids is 1. The Kier molecular flexibility index (Phi) is 5.51. The van der Waals surface area contributed by atoms with Gasteiger partial charge in [-0.2, -0.15) is 13.2 Å². The summed E-state index contributed by atoms with van der Waals surface area (Å²) in [4.78, 5) is 17.5. The van der Waals surface area contributed by atoms with Gasteiger partial charge in [-0.25, -0.2) is 9.85 Å². The average molecular weight is 330 g/mol. The standard InChI is InChI=1S/C14H13F3N2O2S/c15-14(16,17)6-2-8-21-19-13(20)11-4-1-3-10(9-11)12-5-7-18-22-12/h1,3-5,7,9H,2,6,8H2,(H,19,20). The molecule has 1 aromatic heterocycles. The third-order valence-corrected chi connectivity index (χ3v) is 3.51. The molecule has 1 N–H and O–H groups in total. The Hall–Kier alpha value is -1.93. The summed E-state index contributed by atoms with van der Waals surface area (Å²) >= 11 is 1.30. The first-order valence-corrected chi connectivity index (χ1v) is 7.23. The van der Waals surface area contributed by atoms with Crippen LogP contribution < -0.4 is 5.48 Å². The molecule has 2 aromatic rings. The molecule has 0 aliphatic carbocycles. The molecule has 118 valence electrons. The number of hydrogen-bond acceptors (Lipinski definition) is 4. The summed E-state index contributed by atoms with van der Waals surface area (Å²) in [6, 6.07) is 8.65. The van der Waals surface area contributed by atoms with E-state index >= 15 is 0 Å². The van der Waals surface area contributed by atoms with Crippen LogP contribution in [0.1, 0.15) is 23.2 Å². The van der Waals surface area contributed by atoms with E-state index < -0.39 is 18.5 Å². The maximum atomic E-state index is 11.9. The van der Waals surface area contributed by atoms with Crippen LogP contribution in [0.5, 0.6) is 0 Å². The number of nitrogens with zero attached hydrogens (tertiary/aromatic N) is 1. The van der Waals surface area contributed by atoms with Crippen molar-refractivity contribution in [1.82, 2.24) is 9.85 Å². The molecule has 22 heavy (non-hydrogen) atoms. The van der Waals surface area contributed by atoms with E-state index in [1.165, 1.54) is 11.5 Å². The Morgan fingerprint density at radius 1 is 1.32 bits per heavy atom. The summed E-state index contributed by atoms with van der Waals surface area (Å²) in [5.41, 5.74) is 3.34. The van der Waals surface area contributed by atoms with Gasteiger partial charge in [0.25, 0.3) is 5.91 Å². The molecule has 1 amide bonds. The second-order valence-corrected chi connectivity index (χ2v) is 5.29. The predicted molar refractivity (Wildman–Crippen MR) is 76.3 cm³/mol. The first kappa shape index (κ1) is 16.4. The van der Waals surface area contributed by atoms with Crippen molar-refractivity contribution in [2.45, 2.75) is 19.0 Å². The van der Waals surface area contributed by atoms with Crippen LogP contribution in [0.4, 0.5) is 13.2 Å². The third kappa shape index (κ3) is 5.12. The molecule has 0 spiro atoms. The quantitative estimate of drug-likeness (QED) is 0.647. The van der Waals surface area contributed by atoms with Crippen molar-refractivity contribution in [2.24, 2.45) is 0 Å². The van der Waals surface area contributed by atoms with Gasteiger partial charge in [-0.05, 0) is 41.7 Å². The second kappa shape index (κ2) is 7.37. The number of amides is 1. The van der Waals surface area contributed by atoms with E-state index in [4.69, 9.17) is 4.84 Å². The highest BCUT2D eigenvalue weighted by atomic mass is 32.1. The highest BCUT2D eigenvalue weighted by Gasteiger charge is 2.26. The maximum Gasteiger partial charge on any atom is 0.389 e. The summed E-state index contributed by atoms with van der Waals surface area (Å²) < 4.78 is 39.8. The largest absolute Gasteiger partial charge is 0.389 e. The van der Waals surface area contributed by atoms with E-state index in [0.717, 1.165) is 10.4 Å². The van der Waals surface area contributed by atoms with Crippen molar-refractivity contribution in [1.29, 1.82) is 0 Å². The zero-order chi connectivity index (χ0) is 16.0.